The predicted octanol–water partition coefficient (Wildman–Crippen LogP) is 2.44. The molecule has 0 unspecified atom stereocenters. The van der Waals surface area contributed by atoms with Crippen LogP contribution in [0.25, 0.3) is 0 Å². The van der Waals surface area contributed by atoms with E-state index in [0.717, 1.165) is 12.2 Å². The van der Waals surface area contributed by atoms with Gasteiger partial charge in [-0.25, -0.2) is 0 Å². The normalized spacial score (nSPS) is 12.0. The van der Waals surface area contributed by atoms with Crippen molar-refractivity contribution in [2.24, 2.45) is 5.41 Å². The topological polar surface area (TPSA) is 38.9 Å². The van der Waals surface area contributed by atoms with Gasteiger partial charge in [-0.3, -0.25) is 0 Å². The number of hydrogen-bond donors (Lipinski definition) is 0. The standard InChI is InChI=1S/C9H15ClN2O/c1-9(2,3)6-7-11-8(4-5-10)13-12-7/h4-6H2,1-3H3. The molecular formula is C9H15ClN2O. The molecule has 0 N–H and O–H groups in total. The molecule has 0 aliphatic carbocycles. The Bertz CT molecular complexity index is 265. The molecule has 4 heteroatoms. The van der Waals surface area contributed by atoms with Gasteiger partial charge in [-0.1, -0.05) is 25.9 Å². The SMILES string of the molecule is CC(C)(C)Cc1noc(CCCl)n1. The van der Waals surface area contributed by atoms with Gasteiger partial charge in [0.25, 0.3) is 0 Å². The second-order valence-corrected chi connectivity index (χ2v) is 4.66. The summed E-state index contributed by atoms with van der Waals surface area (Å²) in [5.41, 5.74) is 0.197. The molecule has 0 fully saturated rings. The second-order valence-electron chi connectivity index (χ2n) is 4.28. The zero-order chi connectivity index (χ0) is 9.90. The zero-order valence-corrected chi connectivity index (χ0v) is 9.06. The van der Waals surface area contributed by atoms with E-state index in [1.807, 2.05) is 0 Å². The maximum Gasteiger partial charge on any atom is 0.227 e. The van der Waals surface area contributed by atoms with E-state index < -0.39 is 0 Å². The summed E-state index contributed by atoms with van der Waals surface area (Å²) in [5.74, 6) is 1.93. The maximum atomic E-state index is 5.55. The molecule has 0 aliphatic rings. The Labute approximate surface area is 83.5 Å². The molecule has 0 aromatic carbocycles. The Hall–Kier alpha value is -0.570. The van der Waals surface area contributed by atoms with E-state index in [0.29, 0.717) is 18.2 Å². The van der Waals surface area contributed by atoms with E-state index in [-0.39, 0.29) is 5.41 Å². The van der Waals surface area contributed by atoms with Crippen LogP contribution in [0.4, 0.5) is 0 Å². The van der Waals surface area contributed by atoms with E-state index in [9.17, 15) is 0 Å². The van der Waals surface area contributed by atoms with Crippen molar-refractivity contribution in [3.63, 3.8) is 0 Å². The van der Waals surface area contributed by atoms with Crippen molar-refractivity contribution < 1.29 is 4.52 Å². The maximum absolute atomic E-state index is 5.55. The number of halogens is 1. The number of rotatable bonds is 3. The molecule has 0 atom stereocenters. The molecule has 3 nitrogen and oxygen atoms in total. The average Bonchev–Trinajstić information content (AvgIpc) is 2.33. The summed E-state index contributed by atoms with van der Waals surface area (Å²) in [4.78, 5) is 4.22. The first-order chi connectivity index (χ1) is 6.01. The summed E-state index contributed by atoms with van der Waals surface area (Å²) in [7, 11) is 0. The summed E-state index contributed by atoms with van der Waals surface area (Å²) in [6.07, 6.45) is 1.48. The Morgan fingerprint density at radius 3 is 2.62 bits per heavy atom. The second kappa shape index (κ2) is 4.09. The Morgan fingerprint density at radius 2 is 2.08 bits per heavy atom. The van der Waals surface area contributed by atoms with Crippen LogP contribution >= 0.6 is 11.6 Å². The first-order valence-electron chi connectivity index (χ1n) is 4.39. The monoisotopic (exact) mass is 202 g/mol. The van der Waals surface area contributed by atoms with Crippen molar-refractivity contribution in [1.82, 2.24) is 10.1 Å². The minimum atomic E-state index is 0.197. The summed E-state index contributed by atoms with van der Waals surface area (Å²) >= 11 is 5.55. The first-order valence-corrected chi connectivity index (χ1v) is 4.92. The highest BCUT2D eigenvalue weighted by Crippen LogP contribution is 2.18. The molecule has 0 saturated carbocycles. The van der Waals surface area contributed by atoms with E-state index in [1.54, 1.807) is 0 Å². The van der Waals surface area contributed by atoms with Crippen LogP contribution in [0, 0.1) is 5.41 Å². The van der Waals surface area contributed by atoms with Gasteiger partial charge in [0, 0.05) is 18.7 Å². The molecule has 74 valence electrons. The average molecular weight is 203 g/mol. The Kier molecular flexibility index (Phi) is 3.31. The van der Waals surface area contributed by atoms with Crippen molar-refractivity contribution in [3.05, 3.63) is 11.7 Å². The molecule has 0 radical (unpaired) electrons. The van der Waals surface area contributed by atoms with Crippen molar-refractivity contribution >= 4 is 11.6 Å². The molecule has 1 rings (SSSR count). The zero-order valence-electron chi connectivity index (χ0n) is 8.30. The third kappa shape index (κ3) is 3.77. The van der Waals surface area contributed by atoms with Gasteiger partial charge in [0.05, 0.1) is 0 Å². The first kappa shape index (κ1) is 10.5. The molecule has 0 saturated heterocycles. The van der Waals surface area contributed by atoms with Crippen LogP contribution in [0.3, 0.4) is 0 Å². The van der Waals surface area contributed by atoms with Crippen LogP contribution in [0.2, 0.25) is 0 Å². The van der Waals surface area contributed by atoms with Gasteiger partial charge < -0.3 is 4.52 Å². The number of alkyl halides is 1. The molecule has 1 aromatic heterocycles. The summed E-state index contributed by atoms with van der Waals surface area (Å²) < 4.78 is 5.01. The van der Waals surface area contributed by atoms with Crippen molar-refractivity contribution in [2.45, 2.75) is 33.6 Å². The van der Waals surface area contributed by atoms with Gasteiger partial charge in [-0.2, -0.15) is 4.98 Å². The molecule has 13 heavy (non-hydrogen) atoms. The lowest BCUT2D eigenvalue weighted by atomic mass is 9.92. The van der Waals surface area contributed by atoms with Gasteiger partial charge in [0.15, 0.2) is 5.82 Å². The minimum absolute atomic E-state index is 0.197. The van der Waals surface area contributed by atoms with Crippen LogP contribution in [0.1, 0.15) is 32.5 Å². The lowest BCUT2D eigenvalue weighted by Crippen LogP contribution is -2.10. The van der Waals surface area contributed by atoms with E-state index >= 15 is 0 Å². The lowest BCUT2D eigenvalue weighted by Gasteiger charge is -2.14. The number of aromatic nitrogens is 2. The van der Waals surface area contributed by atoms with Gasteiger partial charge >= 0.3 is 0 Å². The van der Waals surface area contributed by atoms with Crippen LogP contribution in [0.5, 0.6) is 0 Å². The Morgan fingerprint density at radius 1 is 1.38 bits per heavy atom. The largest absolute Gasteiger partial charge is 0.339 e. The highest BCUT2D eigenvalue weighted by molar-refractivity contribution is 6.17. The molecule has 0 bridgehead atoms. The molecule has 1 heterocycles. The smallest absolute Gasteiger partial charge is 0.227 e. The molecule has 0 amide bonds. The van der Waals surface area contributed by atoms with Gasteiger partial charge in [-0.05, 0) is 5.41 Å². The number of nitrogens with zero attached hydrogens (tertiary/aromatic N) is 2. The van der Waals surface area contributed by atoms with Crippen molar-refractivity contribution in [1.29, 1.82) is 0 Å². The van der Waals surface area contributed by atoms with Crippen LogP contribution in [-0.2, 0) is 12.8 Å². The van der Waals surface area contributed by atoms with Crippen molar-refractivity contribution in [2.75, 3.05) is 5.88 Å². The van der Waals surface area contributed by atoms with E-state index in [2.05, 4.69) is 30.9 Å². The fraction of sp³-hybridized carbons (Fsp3) is 0.778. The highest BCUT2D eigenvalue weighted by atomic mass is 35.5. The number of hydrogen-bond acceptors (Lipinski definition) is 3. The quantitative estimate of drug-likeness (QED) is 0.707. The van der Waals surface area contributed by atoms with Crippen LogP contribution < -0.4 is 0 Å². The third-order valence-electron chi connectivity index (χ3n) is 1.51. The summed E-state index contributed by atoms with van der Waals surface area (Å²) in [6.45, 7) is 6.43. The summed E-state index contributed by atoms with van der Waals surface area (Å²) in [6, 6.07) is 0. The van der Waals surface area contributed by atoms with Crippen LogP contribution in [0.15, 0.2) is 4.52 Å². The fourth-order valence-electron chi connectivity index (χ4n) is 1.02. The summed E-state index contributed by atoms with van der Waals surface area (Å²) in [5, 5.41) is 3.88. The third-order valence-corrected chi connectivity index (χ3v) is 1.70. The van der Waals surface area contributed by atoms with Crippen LogP contribution in [-0.4, -0.2) is 16.0 Å². The number of aryl methyl sites for hydroxylation is 1. The lowest BCUT2D eigenvalue weighted by molar-refractivity contribution is 0.356. The molecule has 0 spiro atoms. The van der Waals surface area contributed by atoms with Gasteiger partial charge in [-0.15, -0.1) is 11.6 Å². The Balaban J connectivity index is 2.59. The molecule has 1 aromatic rings. The fourth-order valence-corrected chi connectivity index (χ4v) is 1.18. The predicted molar refractivity (Wildman–Crippen MR) is 51.9 cm³/mol. The minimum Gasteiger partial charge on any atom is -0.339 e. The van der Waals surface area contributed by atoms with Gasteiger partial charge in [0.2, 0.25) is 5.89 Å². The van der Waals surface area contributed by atoms with Crippen molar-refractivity contribution in [3.8, 4) is 0 Å². The van der Waals surface area contributed by atoms with E-state index in [4.69, 9.17) is 16.1 Å². The van der Waals surface area contributed by atoms with E-state index in [1.165, 1.54) is 0 Å². The molecule has 0 aliphatic heterocycles. The van der Waals surface area contributed by atoms with Gasteiger partial charge in [0.1, 0.15) is 0 Å². The highest BCUT2D eigenvalue weighted by Gasteiger charge is 2.15. The molecular weight excluding hydrogens is 188 g/mol.